The van der Waals surface area contributed by atoms with Crippen molar-refractivity contribution in [1.82, 2.24) is 0 Å². The molecule has 2 unspecified atom stereocenters. The third kappa shape index (κ3) is 3.21. The molecule has 2 fully saturated rings. The van der Waals surface area contributed by atoms with Crippen molar-refractivity contribution in [2.75, 3.05) is 18.9 Å². The lowest BCUT2D eigenvalue weighted by Crippen LogP contribution is -2.42. The van der Waals surface area contributed by atoms with Gasteiger partial charge in [0, 0.05) is 13.0 Å². The number of ketones is 1. The van der Waals surface area contributed by atoms with Gasteiger partial charge in [0.1, 0.15) is 18.7 Å². The van der Waals surface area contributed by atoms with E-state index in [2.05, 4.69) is 0 Å². The second-order valence-electron chi connectivity index (χ2n) is 7.19. The number of hydrogen-bond donors (Lipinski definition) is 1. The van der Waals surface area contributed by atoms with Crippen LogP contribution >= 0.6 is 0 Å². The molecule has 0 spiro atoms. The summed E-state index contributed by atoms with van der Waals surface area (Å²) in [5.74, 6) is -0.820. The lowest BCUT2D eigenvalue weighted by molar-refractivity contribution is -0.138. The summed E-state index contributed by atoms with van der Waals surface area (Å²) in [7, 11) is -3.99. The fourth-order valence-electron chi connectivity index (χ4n) is 3.90. The number of ether oxygens (including phenoxy) is 1. The zero-order valence-electron chi connectivity index (χ0n) is 14.3. The average Bonchev–Trinajstić information content (AvgIpc) is 2.84. The Hall–Kier alpha value is -1.41. The van der Waals surface area contributed by atoms with Gasteiger partial charge in [-0.05, 0) is 31.1 Å². The second kappa shape index (κ2) is 6.48. The van der Waals surface area contributed by atoms with E-state index < -0.39 is 21.5 Å². The van der Waals surface area contributed by atoms with Crippen LogP contribution in [-0.2, 0) is 28.6 Å². The van der Waals surface area contributed by atoms with Crippen LogP contribution in [0.3, 0.4) is 0 Å². The van der Waals surface area contributed by atoms with Crippen LogP contribution in [0.1, 0.15) is 40.0 Å². The zero-order chi connectivity index (χ0) is 18.2. The monoisotopic (exact) mass is 359 g/mol. The number of nitrogens with two attached hydrogens (primary N) is 1. The van der Waals surface area contributed by atoms with E-state index in [1.807, 2.05) is 13.8 Å². The number of hydrogen-bond acceptors (Lipinski definition) is 7. The molecule has 0 aromatic rings. The standard InChI is InChI=1S/C16H25NO6S/c1-11(14(19)22-7-6-17)9-23-24(20,21)10-16-5-4-12(8-13(16)18)15(16,2)3/h9,12H,4-8,10,17H2,1-3H3. The van der Waals surface area contributed by atoms with Crippen molar-refractivity contribution in [3.05, 3.63) is 11.8 Å². The van der Waals surface area contributed by atoms with Gasteiger partial charge < -0.3 is 14.7 Å². The SMILES string of the molecule is CC(=COS(=O)(=O)CC12CCC(CC1=O)C2(C)C)C(=O)OCCN. The molecule has 0 aromatic carbocycles. The lowest BCUT2D eigenvalue weighted by atomic mass is 9.70. The molecule has 0 amide bonds. The maximum absolute atomic E-state index is 12.4. The fraction of sp³-hybridized carbons (Fsp3) is 0.750. The smallest absolute Gasteiger partial charge is 0.336 e. The van der Waals surface area contributed by atoms with Crippen molar-refractivity contribution in [3.63, 3.8) is 0 Å². The molecule has 2 saturated carbocycles. The van der Waals surface area contributed by atoms with Gasteiger partial charge in [0.2, 0.25) is 0 Å². The van der Waals surface area contributed by atoms with Crippen LogP contribution in [0.15, 0.2) is 11.8 Å². The zero-order valence-corrected chi connectivity index (χ0v) is 15.1. The van der Waals surface area contributed by atoms with Gasteiger partial charge in [-0.3, -0.25) is 4.79 Å². The van der Waals surface area contributed by atoms with Gasteiger partial charge in [0.15, 0.2) is 0 Å². The number of rotatable bonds is 7. The van der Waals surface area contributed by atoms with Gasteiger partial charge in [-0.2, -0.15) is 8.42 Å². The summed E-state index contributed by atoms with van der Waals surface area (Å²) >= 11 is 0. The van der Waals surface area contributed by atoms with E-state index in [4.69, 9.17) is 14.7 Å². The Balaban J connectivity index is 2.09. The first-order chi connectivity index (χ1) is 11.1. The molecule has 2 atom stereocenters. The minimum Gasteiger partial charge on any atom is -0.461 e. The number of fused-ring (bicyclic) bond motifs is 2. The molecule has 0 saturated heterocycles. The largest absolute Gasteiger partial charge is 0.461 e. The van der Waals surface area contributed by atoms with Crippen LogP contribution in [0.25, 0.3) is 0 Å². The average molecular weight is 359 g/mol. The van der Waals surface area contributed by atoms with E-state index in [0.717, 1.165) is 12.7 Å². The molecular formula is C16H25NO6S. The molecule has 0 aromatic heterocycles. The second-order valence-corrected chi connectivity index (χ2v) is 8.79. The Morgan fingerprint density at radius 3 is 2.58 bits per heavy atom. The third-order valence-electron chi connectivity index (χ3n) is 5.61. The molecule has 7 nitrogen and oxygen atoms in total. The molecule has 2 N–H and O–H groups in total. The van der Waals surface area contributed by atoms with Crippen molar-refractivity contribution >= 4 is 21.9 Å². The van der Waals surface area contributed by atoms with Gasteiger partial charge >= 0.3 is 16.1 Å². The number of carbonyl (C=O) groups is 2. The van der Waals surface area contributed by atoms with Crippen LogP contribution in [-0.4, -0.2) is 39.1 Å². The third-order valence-corrected chi connectivity index (χ3v) is 6.84. The molecule has 0 aliphatic heterocycles. The van der Waals surface area contributed by atoms with Crippen LogP contribution in [0.2, 0.25) is 0 Å². The summed E-state index contributed by atoms with van der Waals surface area (Å²) in [6.07, 6.45) is 2.72. The van der Waals surface area contributed by atoms with Crippen LogP contribution in [0.4, 0.5) is 0 Å². The minimum absolute atomic E-state index is 0.000943. The van der Waals surface area contributed by atoms with Crippen LogP contribution in [0, 0.1) is 16.7 Å². The van der Waals surface area contributed by atoms with Crippen molar-refractivity contribution < 1.29 is 26.9 Å². The molecule has 2 bridgehead atoms. The van der Waals surface area contributed by atoms with Crippen molar-refractivity contribution in [2.45, 2.75) is 40.0 Å². The van der Waals surface area contributed by atoms with E-state index in [1.54, 1.807) is 0 Å². The summed E-state index contributed by atoms with van der Waals surface area (Å²) in [5.41, 5.74) is 3.99. The van der Waals surface area contributed by atoms with Gasteiger partial charge in [-0.1, -0.05) is 13.8 Å². The highest BCUT2D eigenvalue weighted by Crippen LogP contribution is 2.64. The number of Topliss-reactive ketones (excluding diaryl/α,β-unsaturated/α-hetero) is 1. The first-order valence-electron chi connectivity index (χ1n) is 8.04. The van der Waals surface area contributed by atoms with Crippen LogP contribution in [0.5, 0.6) is 0 Å². The molecule has 8 heteroatoms. The number of esters is 1. The Morgan fingerprint density at radius 1 is 1.42 bits per heavy atom. The summed E-state index contributed by atoms with van der Waals surface area (Å²) in [6, 6.07) is 0. The lowest BCUT2D eigenvalue weighted by Gasteiger charge is -2.35. The van der Waals surface area contributed by atoms with E-state index in [0.29, 0.717) is 12.8 Å². The molecule has 2 aliphatic rings. The fourth-order valence-corrected chi connectivity index (χ4v) is 5.54. The molecule has 2 aliphatic carbocycles. The Kier molecular flexibility index (Phi) is 5.11. The predicted molar refractivity (Wildman–Crippen MR) is 87.2 cm³/mol. The van der Waals surface area contributed by atoms with Crippen molar-refractivity contribution in [1.29, 1.82) is 0 Å². The van der Waals surface area contributed by atoms with Gasteiger partial charge in [0.05, 0.1) is 16.7 Å². The molecule has 136 valence electrons. The van der Waals surface area contributed by atoms with Crippen molar-refractivity contribution in [3.8, 4) is 0 Å². The topological polar surface area (TPSA) is 113 Å². The summed E-state index contributed by atoms with van der Waals surface area (Å²) < 4.78 is 34.4. The predicted octanol–water partition coefficient (Wildman–Crippen LogP) is 1.13. The quantitative estimate of drug-likeness (QED) is 0.314. The van der Waals surface area contributed by atoms with E-state index in [1.165, 1.54) is 6.92 Å². The Bertz CT molecular complexity index is 666. The highest BCUT2D eigenvalue weighted by atomic mass is 32.2. The maximum atomic E-state index is 12.4. The molecular weight excluding hydrogens is 334 g/mol. The van der Waals surface area contributed by atoms with Crippen LogP contribution < -0.4 is 5.73 Å². The molecule has 24 heavy (non-hydrogen) atoms. The maximum Gasteiger partial charge on any atom is 0.336 e. The minimum atomic E-state index is -3.99. The van der Waals surface area contributed by atoms with E-state index in [9.17, 15) is 18.0 Å². The van der Waals surface area contributed by atoms with E-state index >= 15 is 0 Å². The summed E-state index contributed by atoms with van der Waals surface area (Å²) in [4.78, 5) is 24.0. The Morgan fingerprint density at radius 2 is 2.08 bits per heavy atom. The first-order valence-corrected chi connectivity index (χ1v) is 9.62. The molecule has 0 radical (unpaired) electrons. The molecule has 0 heterocycles. The highest BCUT2D eigenvalue weighted by Gasteiger charge is 2.65. The summed E-state index contributed by atoms with van der Waals surface area (Å²) in [6.45, 7) is 5.53. The number of carbonyl (C=O) groups excluding carboxylic acids is 2. The highest BCUT2D eigenvalue weighted by molar-refractivity contribution is 7.86. The first kappa shape index (κ1) is 18.9. The summed E-state index contributed by atoms with van der Waals surface area (Å²) in [5, 5.41) is 0. The van der Waals surface area contributed by atoms with Gasteiger partial charge in [-0.25, -0.2) is 4.79 Å². The van der Waals surface area contributed by atoms with E-state index in [-0.39, 0.29) is 41.6 Å². The van der Waals surface area contributed by atoms with Gasteiger partial charge in [-0.15, -0.1) is 0 Å². The molecule has 2 rings (SSSR count). The van der Waals surface area contributed by atoms with Gasteiger partial charge in [0.25, 0.3) is 0 Å². The normalized spacial score (nSPS) is 28.9. The Labute approximate surface area is 142 Å². The van der Waals surface area contributed by atoms with Crippen molar-refractivity contribution in [2.24, 2.45) is 22.5 Å².